The summed E-state index contributed by atoms with van der Waals surface area (Å²) in [6, 6.07) is 0.588. The summed E-state index contributed by atoms with van der Waals surface area (Å²) in [5.41, 5.74) is 0. The third-order valence-corrected chi connectivity index (χ3v) is 4.65. The molecule has 0 radical (unpaired) electrons. The van der Waals surface area contributed by atoms with E-state index in [0.29, 0.717) is 6.04 Å². The number of aryl methyl sites for hydroxylation is 1. The normalized spacial score (nSPS) is 20.9. The van der Waals surface area contributed by atoms with Crippen LogP contribution in [0.5, 0.6) is 0 Å². The second-order valence-corrected chi connectivity index (χ2v) is 6.32. The molecule has 0 aromatic carbocycles. The summed E-state index contributed by atoms with van der Waals surface area (Å²) in [5, 5.41) is 17.8. The molecule has 2 amide bonds. The molecule has 2 aliphatic rings. The number of amides is 2. The Morgan fingerprint density at radius 3 is 2.27 bits per heavy atom. The average molecular weight is 307 g/mol. The molecule has 8 heteroatoms. The second kappa shape index (κ2) is 6.93. The molecule has 0 atom stereocenters. The van der Waals surface area contributed by atoms with Crippen LogP contribution in [-0.2, 0) is 7.05 Å². The fourth-order valence-corrected chi connectivity index (χ4v) is 3.38. The summed E-state index contributed by atoms with van der Waals surface area (Å²) in [5.74, 6) is 0.796. The van der Waals surface area contributed by atoms with Crippen LogP contribution >= 0.6 is 0 Å². The van der Waals surface area contributed by atoms with Crippen molar-refractivity contribution in [3.63, 3.8) is 0 Å². The summed E-state index contributed by atoms with van der Waals surface area (Å²) in [6.45, 7) is 1.73. The van der Waals surface area contributed by atoms with Gasteiger partial charge in [-0.25, -0.2) is 9.48 Å². The van der Waals surface area contributed by atoms with E-state index in [1.165, 1.54) is 19.3 Å². The van der Waals surface area contributed by atoms with Crippen molar-refractivity contribution in [3.05, 3.63) is 0 Å². The molecule has 1 saturated heterocycles. The lowest BCUT2D eigenvalue weighted by Crippen LogP contribution is -2.50. The molecule has 1 saturated carbocycles. The predicted octanol–water partition coefficient (Wildman–Crippen LogP) is 0.811. The van der Waals surface area contributed by atoms with Crippen molar-refractivity contribution in [3.8, 4) is 0 Å². The zero-order chi connectivity index (χ0) is 15.4. The highest BCUT2D eigenvalue weighted by atomic mass is 16.2. The van der Waals surface area contributed by atoms with Gasteiger partial charge in [-0.15, -0.1) is 0 Å². The van der Waals surface area contributed by atoms with Crippen LogP contribution in [0.3, 0.4) is 0 Å². The molecule has 0 unspecified atom stereocenters. The van der Waals surface area contributed by atoms with Crippen LogP contribution in [0.2, 0.25) is 0 Å². The van der Waals surface area contributed by atoms with Crippen molar-refractivity contribution in [2.75, 3.05) is 18.0 Å². The van der Waals surface area contributed by atoms with Crippen molar-refractivity contribution >= 4 is 12.0 Å². The molecule has 122 valence electrons. The number of carbonyl (C=O) groups is 1. The Hall–Kier alpha value is -1.86. The quantitative estimate of drug-likeness (QED) is 0.863. The van der Waals surface area contributed by atoms with Crippen LogP contribution in [0.25, 0.3) is 0 Å². The number of urea groups is 1. The molecule has 1 aromatic rings. The van der Waals surface area contributed by atoms with Crippen molar-refractivity contribution < 1.29 is 4.79 Å². The van der Waals surface area contributed by atoms with E-state index in [0.717, 1.165) is 44.7 Å². The molecule has 0 bridgehead atoms. The number of aromatic nitrogens is 4. The Morgan fingerprint density at radius 2 is 1.68 bits per heavy atom. The van der Waals surface area contributed by atoms with E-state index in [4.69, 9.17) is 0 Å². The smallest absolute Gasteiger partial charge is 0.315 e. The Balaban J connectivity index is 1.41. The van der Waals surface area contributed by atoms with Gasteiger partial charge in [0.1, 0.15) is 0 Å². The van der Waals surface area contributed by atoms with Crippen molar-refractivity contribution in [2.24, 2.45) is 7.05 Å². The highest BCUT2D eigenvalue weighted by molar-refractivity contribution is 5.74. The molecular formula is C14H25N7O. The Labute approximate surface area is 130 Å². The molecule has 2 heterocycles. The van der Waals surface area contributed by atoms with Crippen LogP contribution in [0.1, 0.15) is 44.9 Å². The third kappa shape index (κ3) is 3.66. The van der Waals surface area contributed by atoms with Crippen molar-refractivity contribution in [1.82, 2.24) is 30.8 Å². The first kappa shape index (κ1) is 15.1. The first-order chi connectivity index (χ1) is 10.7. The Bertz CT molecular complexity index is 489. The van der Waals surface area contributed by atoms with Gasteiger partial charge in [-0.05, 0) is 36.1 Å². The number of nitrogens with one attached hydrogen (secondary N) is 2. The van der Waals surface area contributed by atoms with Crippen LogP contribution in [0.15, 0.2) is 0 Å². The Kier molecular flexibility index (Phi) is 4.74. The van der Waals surface area contributed by atoms with Gasteiger partial charge in [0.25, 0.3) is 0 Å². The van der Waals surface area contributed by atoms with Gasteiger partial charge in [-0.2, -0.15) is 0 Å². The SMILES string of the molecule is Cn1nnnc1N1CCC(NC(=O)NC2CCCCC2)CC1. The molecular weight excluding hydrogens is 282 g/mol. The first-order valence-electron chi connectivity index (χ1n) is 8.26. The monoisotopic (exact) mass is 307 g/mol. The van der Waals surface area contributed by atoms with E-state index in [9.17, 15) is 4.79 Å². The second-order valence-electron chi connectivity index (χ2n) is 6.32. The van der Waals surface area contributed by atoms with Crippen molar-refractivity contribution in [1.29, 1.82) is 0 Å². The fraction of sp³-hybridized carbons (Fsp3) is 0.857. The van der Waals surface area contributed by atoms with Crippen molar-refractivity contribution in [2.45, 2.75) is 57.0 Å². The third-order valence-electron chi connectivity index (χ3n) is 4.65. The number of anilines is 1. The molecule has 22 heavy (non-hydrogen) atoms. The van der Waals surface area contributed by atoms with Gasteiger partial charge < -0.3 is 15.5 Å². The van der Waals surface area contributed by atoms with Gasteiger partial charge in [0.15, 0.2) is 0 Å². The van der Waals surface area contributed by atoms with E-state index in [2.05, 4.69) is 31.1 Å². The van der Waals surface area contributed by atoms with Gasteiger partial charge in [0.05, 0.1) is 0 Å². The van der Waals surface area contributed by atoms with Crippen LogP contribution in [0.4, 0.5) is 10.7 Å². The molecule has 2 fully saturated rings. The van der Waals surface area contributed by atoms with Gasteiger partial charge in [-0.1, -0.05) is 24.4 Å². The molecule has 8 nitrogen and oxygen atoms in total. The minimum Gasteiger partial charge on any atom is -0.340 e. The summed E-state index contributed by atoms with van der Waals surface area (Å²) in [7, 11) is 1.84. The number of hydrogen-bond acceptors (Lipinski definition) is 5. The fourth-order valence-electron chi connectivity index (χ4n) is 3.38. The summed E-state index contributed by atoms with van der Waals surface area (Å²) in [4.78, 5) is 14.2. The Morgan fingerprint density at radius 1 is 1.05 bits per heavy atom. The van der Waals surface area contributed by atoms with E-state index in [1.54, 1.807) is 4.68 Å². The van der Waals surface area contributed by atoms with Gasteiger partial charge >= 0.3 is 6.03 Å². The lowest BCUT2D eigenvalue weighted by molar-refractivity contribution is 0.226. The van der Waals surface area contributed by atoms with Crippen LogP contribution < -0.4 is 15.5 Å². The number of nitrogens with zero attached hydrogens (tertiary/aromatic N) is 5. The molecule has 2 N–H and O–H groups in total. The lowest BCUT2D eigenvalue weighted by Gasteiger charge is -2.32. The maximum absolute atomic E-state index is 12.1. The van der Waals surface area contributed by atoms with E-state index in [1.807, 2.05) is 7.05 Å². The molecule has 1 aliphatic carbocycles. The largest absolute Gasteiger partial charge is 0.340 e. The number of carbonyl (C=O) groups excluding carboxylic acids is 1. The zero-order valence-electron chi connectivity index (χ0n) is 13.2. The predicted molar refractivity (Wildman–Crippen MR) is 82.6 cm³/mol. The van der Waals surface area contributed by atoms with Crippen LogP contribution in [0, 0.1) is 0 Å². The molecule has 1 aromatic heterocycles. The topological polar surface area (TPSA) is 88.0 Å². The lowest BCUT2D eigenvalue weighted by atomic mass is 9.96. The summed E-state index contributed by atoms with van der Waals surface area (Å²) < 4.78 is 1.68. The van der Waals surface area contributed by atoms with E-state index in [-0.39, 0.29) is 12.1 Å². The highest BCUT2D eigenvalue weighted by Gasteiger charge is 2.24. The number of hydrogen-bond donors (Lipinski definition) is 2. The summed E-state index contributed by atoms with van der Waals surface area (Å²) >= 11 is 0. The number of tetrazole rings is 1. The standard InChI is InChI=1S/C14H25N7O/c1-20-14(17-18-19-20)21-9-7-12(8-10-21)16-13(22)15-11-5-3-2-4-6-11/h11-12H,2-10H2,1H3,(H2,15,16,22). The van der Waals surface area contributed by atoms with E-state index < -0.39 is 0 Å². The number of rotatable bonds is 3. The zero-order valence-corrected chi connectivity index (χ0v) is 13.2. The maximum Gasteiger partial charge on any atom is 0.315 e. The number of piperidine rings is 1. The first-order valence-corrected chi connectivity index (χ1v) is 8.26. The van der Waals surface area contributed by atoms with E-state index >= 15 is 0 Å². The molecule has 0 spiro atoms. The molecule has 3 rings (SSSR count). The minimum absolute atomic E-state index is 0.00863. The molecule has 1 aliphatic heterocycles. The average Bonchev–Trinajstić information content (AvgIpc) is 2.95. The minimum atomic E-state index is -0.00863. The maximum atomic E-state index is 12.1. The highest BCUT2D eigenvalue weighted by Crippen LogP contribution is 2.18. The van der Waals surface area contributed by atoms with Crippen LogP contribution in [-0.4, -0.2) is 51.4 Å². The van der Waals surface area contributed by atoms with Gasteiger partial charge in [0.2, 0.25) is 5.95 Å². The van der Waals surface area contributed by atoms with Gasteiger partial charge in [-0.3, -0.25) is 0 Å². The van der Waals surface area contributed by atoms with Gasteiger partial charge in [0, 0.05) is 32.2 Å². The summed E-state index contributed by atoms with van der Waals surface area (Å²) in [6.07, 6.45) is 7.84.